The summed E-state index contributed by atoms with van der Waals surface area (Å²) in [5, 5.41) is 3.19. The van der Waals surface area contributed by atoms with Crippen LogP contribution in [0.25, 0.3) is 0 Å². The molecule has 0 saturated heterocycles. The zero-order valence-electron chi connectivity index (χ0n) is 7.40. The lowest BCUT2D eigenvalue weighted by Crippen LogP contribution is -2.11. The number of nitrogens with zero attached hydrogens (tertiary/aromatic N) is 2. The fraction of sp³-hybridized carbons (Fsp3) is 0.222. The van der Waals surface area contributed by atoms with Crippen molar-refractivity contribution in [2.24, 2.45) is 0 Å². The summed E-state index contributed by atoms with van der Waals surface area (Å²) in [4.78, 5) is 4.35. The Morgan fingerprint density at radius 1 is 1.46 bits per heavy atom. The second-order valence-electron chi connectivity index (χ2n) is 2.78. The smallest absolute Gasteiger partial charge is 0.0898 e. The predicted molar refractivity (Wildman–Crippen MR) is 54.3 cm³/mol. The van der Waals surface area contributed by atoms with Crippen LogP contribution in [0.3, 0.4) is 0 Å². The zero-order chi connectivity index (χ0) is 9.10. The highest BCUT2D eigenvalue weighted by atomic mass is 32.1. The minimum Gasteiger partial charge on any atom is -0.320 e. The van der Waals surface area contributed by atoms with Gasteiger partial charge in [-0.1, -0.05) is 0 Å². The van der Waals surface area contributed by atoms with E-state index in [-0.39, 0.29) is 0 Å². The second-order valence-corrected chi connectivity index (χ2v) is 3.85. The van der Waals surface area contributed by atoms with Gasteiger partial charge in [0.1, 0.15) is 0 Å². The van der Waals surface area contributed by atoms with Crippen molar-refractivity contribution in [3.63, 3.8) is 0 Å². The molecule has 2 heterocycles. The molecule has 1 N–H and O–H groups in total. The molecule has 0 atom stereocenters. The summed E-state index contributed by atoms with van der Waals surface area (Å²) in [5.41, 5.74) is 4.31. The highest BCUT2D eigenvalue weighted by Crippen LogP contribution is 2.07. The van der Waals surface area contributed by atoms with Gasteiger partial charge in [-0.3, -0.25) is 4.68 Å². The molecule has 4 heteroatoms. The Morgan fingerprint density at radius 3 is 2.85 bits per heavy atom. The van der Waals surface area contributed by atoms with Gasteiger partial charge in [-0.25, -0.2) is 4.98 Å². The van der Waals surface area contributed by atoms with Gasteiger partial charge >= 0.3 is 0 Å². The lowest BCUT2D eigenvalue weighted by atomic mass is 10.5. The van der Waals surface area contributed by atoms with Crippen LogP contribution in [-0.2, 0) is 6.54 Å². The standard InChI is InChI=1S/C9H11N3S/c1-8-11-9(7-13-8)6-10-12-4-2-3-5-12/h2-5,7,10H,6H2,1H3. The van der Waals surface area contributed by atoms with Crippen molar-refractivity contribution in [3.05, 3.63) is 40.6 Å². The van der Waals surface area contributed by atoms with Crippen LogP contribution in [0.2, 0.25) is 0 Å². The molecule has 0 radical (unpaired) electrons. The molecule has 0 aliphatic heterocycles. The molecule has 0 aliphatic carbocycles. The van der Waals surface area contributed by atoms with Gasteiger partial charge < -0.3 is 5.43 Å². The predicted octanol–water partition coefficient (Wildman–Crippen LogP) is 2.00. The van der Waals surface area contributed by atoms with E-state index in [0.29, 0.717) is 0 Å². The highest BCUT2D eigenvalue weighted by molar-refractivity contribution is 7.09. The molecule has 2 aromatic rings. The van der Waals surface area contributed by atoms with E-state index < -0.39 is 0 Å². The molecule has 2 rings (SSSR count). The quantitative estimate of drug-likeness (QED) is 0.808. The Bertz CT molecular complexity index is 364. The molecule has 0 aromatic carbocycles. The Kier molecular flexibility index (Phi) is 2.31. The van der Waals surface area contributed by atoms with Crippen molar-refractivity contribution < 1.29 is 0 Å². The molecule has 68 valence electrons. The minimum absolute atomic E-state index is 0.777. The molecule has 0 fully saturated rings. The number of aromatic nitrogens is 2. The summed E-state index contributed by atoms with van der Waals surface area (Å²) in [6.07, 6.45) is 3.94. The first kappa shape index (κ1) is 8.31. The molecule has 0 aliphatic rings. The lowest BCUT2D eigenvalue weighted by Gasteiger charge is -2.04. The molecule has 13 heavy (non-hydrogen) atoms. The van der Waals surface area contributed by atoms with E-state index in [1.807, 2.05) is 36.1 Å². The van der Waals surface area contributed by atoms with E-state index in [0.717, 1.165) is 17.2 Å². The van der Waals surface area contributed by atoms with Crippen LogP contribution in [0.15, 0.2) is 29.9 Å². The minimum atomic E-state index is 0.777. The third-order valence-electron chi connectivity index (χ3n) is 1.71. The van der Waals surface area contributed by atoms with Gasteiger partial charge in [0, 0.05) is 17.8 Å². The molecule has 0 amide bonds. The van der Waals surface area contributed by atoms with Gasteiger partial charge in [0.15, 0.2) is 0 Å². The summed E-state index contributed by atoms with van der Waals surface area (Å²) >= 11 is 1.68. The fourth-order valence-electron chi connectivity index (χ4n) is 1.10. The van der Waals surface area contributed by atoms with Crippen molar-refractivity contribution in [1.82, 2.24) is 9.66 Å². The average Bonchev–Trinajstić information content (AvgIpc) is 2.71. The van der Waals surface area contributed by atoms with Gasteiger partial charge in [0.2, 0.25) is 0 Å². The van der Waals surface area contributed by atoms with Gasteiger partial charge in [0.25, 0.3) is 0 Å². The normalized spacial score (nSPS) is 10.2. The number of hydrogen-bond donors (Lipinski definition) is 1. The van der Waals surface area contributed by atoms with Crippen molar-refractivity contribution in [2.75, 3.05) is 5.43 Å². The Morgan fingerprint density at radius 2 is 2.23 bits per heavy atom. The van der Waals surface area contributed by atoms with Crippen LogP contribution >= 0.6 is 11.3 Å². The van der Waals surface area contributed by atoms with E-state index in [2.05, 4.69) is 15.8 Å². The molecule has 0 spiro atoms. The van der Waals surface area contributed by atoms with Gasteiger partial charge in [-0.15, -0.1) is 11.3 Å². The fourth-order valence-corrected chi connectivity index (χ4v) is 1.71. The SMILES string of the molecule is Cc1nc(CNn2cccc2)cs1. The number of aryl methyl sites for hydroxylation is 1. The Balaban J connectivity index is 1.93. The number of hydrogen-bond acceptors (Lipinski definition) is 3. The molecular formula is C9H11N3S. The van der Waals surface area contributed by atoms with Gasteiger partial charge in [-0.2, -0.15) is 0 Å². The third-order valence-corrected chi connectivity index (χ3v) is 2.54. The monoisotopic (exact) mass is 193 g/mol. The third kappa shape index (κ3) is 2.09. The largest absolute Gasteiger partial charge is 0.320 e. The Hall–Kier alpha value is -1.29. The summed E-state index contributed by atoms with van der Waals surface area (Å²) in [7, 11) is 0. The summed E-state index contributed by atoms with van der Waals surface area (Å²) in [5.74, 6) is 0. The first-order valence-corrected chi connectivity index (χ1v) is 5.00. The zero-order valence-corrected chi connectivity index (χ0v) is 8.21. The molecule has 2 aromatic heterocycles. The van der Waals surface area contributed by atoms with E-state index in [1.165, 1.54) is 0 Å². The van der Waals surface area contributed by atoms with Crippen LogP contribution in [0, 0.1) is 6.92 Å². The summed E-state index contributed by atoms with van der Waals surface area (Å²) in [6, 6.07) is 3.97. The molecule has 0 saturated carbocycles. The topological polar surface area (TPSA) is 29.9 Å². The van der Waals surface area contributed by atoms with Crippen LogP contribution in [0.5, 0.6) is 0 Å². The Labute approximate surface area is 81.0 Å². The van der Waals surface area contributed by atoms with E-state index in [1.54, 1.807) is 11.3 Å². The summed E-state index contributed by atoms with van der Waals surface area (Å²) < 4.78 is 1.93. The van der Waals surface area contributed by atoms with Crippen molar-refractivity contribution in [2.45, 2.75) is 13.5 Å². The van der Waals surface area contributed by atoms with Crippen LogP contribution in [0.4, 0.5) is 0 Å². The first-order chi connectivity index (χ1) is 6.34. The maximum atomic E-state index is 4.35. The molecule has 0 unspecified atom stereocenters. The van der Waals surface area contributed by atoms with Crippen LogP contribution < -0.4 is 5.43 Å². The highest BCUT2D eigenvalue weighted by Gasteiger charge is 1.96. The second kappa shape index (κ2) is 3.62. The number of nitrogens with one attached hydrogen (secondary N) is 1. The maximum absolute atomic E-state index is 4.35. The van der Waals surface area contributed by atoms with E-state index in [4.69, 9.17) is 0 Å². The number of rotatable bonds is 3. The molecule has 0 bridgehead atoms. The van der Waals surface area contributed by atoms with Crippen molar-refractivity contribution in [3.8, 4) is 0 Å². The van der Waals surface area contributed by atoms with Crippen LogP contribution in [0.1, 0.15) is 10.7 Å². The van der Waals surface area contributed by atoms with Crippen molar-refractivity contribution >= 4 is 11.3 Å². The van der Waals surface area contributed by atoms with Gasteiger partial charge in [0.05, 0.1) is 17.2 Å². The lowest BCUT2D eigenvalue weighted by molar-refractivity contribution is 0.832. The maximum Gasteiger partial charge on any atom is 0.0898 e. The summed E-state index contributed by atoms with van der Waals surface area (Å²) in [6.45, 7) is 2.79. The van der Waals surface area contributed by atoms with Crippen LogP contribution in [-0.4, -0.2) is 9.66 Å². The number of thiazole rings is 1. The first-order valence-electron chi connectivity index (χ1n) is 4.12. The van der Waals surface area contributed by atoms with E-state index >= 15 is 0 Å². The molecular weight excluding hydrogens is 182 g/mol. The van der Waals surface area contributed by atoms with Gasteiger partial charge in [-0.05, 0) is 19.1 Å². The van der Waals surface area contributed by atoms with Crippen molar-refractivity contribution in [1.29, 1.82) is 0 Å². The average molecular weight is 193 g/mol. The molecule has 3 nitrogen and oxygen atoms in total. The van der Waals surface area contributed by atoms with E-state index in [9.17, 15) is 0 Å².